The Morgan fingerprint density at radius 2 is 0.635 bits per heavy atom. The van der Waals surface area contributed by atoms with Crippen LogP contribution in [0.5, 0.6) is 0 Å². The Balaban J connectivity index is 4.54. The fraction of sp³-hybridized carbons (Fsp3) is 0.667. The number of ether oxygens (including phenoxy) is 3. The molecule has 0 saturated heterocycles. The van der Waals surface area contributed by atoms with Gasteiger partial charge in [0.25, 0.3) is 0 Å². The molecule has 0 aromatic carbocycles. The molecular formula is C57H94O6. The van der Waals surface area contributed by atoms with E-state index in [-0.39, 0.29) is 44.0 Å². The summed E-state index contributed by atoms with van der Waals surface area (Å²) in [7, 11) is 0. The first kappa shape index (κ1) is 59.3. The molecule has 6 heteroatoms. The molecule has 0 amide bonds. The third-order valence-corrected chi connectivity index (χ3v) is 10.6. The van der Waals surface area contributed by atoms with Crippen molar-refractivity contribution in [3.05, 3.63) is 97.2 Å². The average Bonchev–Trinajstić information content (AvgIpc) is 3.28. The lowest BCUT2D eigenvalue weighted by molar-refractivity contribution is -0.167. The molecule has 1 atom stereocenters. The maximum absolute atomic E-state index is 12.8. The van der Waals surface area contributed by atoms with E-state index in [1.54, 1.807) is 0 Å². The van der Waals surface area contributed by atoms with Crippen LogP contribution in [0.15, 0.2) is 97.2 Å². The Morgan fingerprint density at radius 3 is 1.06 bits per heavy atom. The zero-order valence-corrected chi connectivity index (χ0v) is 40.8. The highest BCUT2D eigenvalue weighted by atomic mass is 16.6. The van der Waals surface area contributed by atoms with Crippen molar-refractivity contribution in [2.24, 2.45) is 0 Å². The summed E-state index contributed by atoms with van der Waals surface area (Å²) >= 11 is 0. The first-order valence-corrected chi connectivity index (χ1v) is 25.7. The molecule has 0 aliphatic heterocycles. The van der Waals surface area contributed by atoms with Crippen LogP contribution in [-0.4, -0.2) is 37.2 Å². The van der Waals surface area contributed by atoms with E-state index >= 15 is 0 Å². The fourth-order valence-electron chi connectivity index (χ4n) is 6.72. The van der Waals surface area contributed by atoms with Crippen LogP contribution in [0.25, 0.3) is 0 Å². The molecule has 0 aliphatic rings. The third kappa shape index (κ3) is 49.2. The molecule has 0 radical (unpaired) electrons. The fourth-order valence-corrected chi connectivity index (χ4v) is 6.72. The second-order valence-electron chi connectivity index (χ2n) is 16.7. The SMILES string of the molecule is CC/C=C\C/C=C\C/C=C\C/C=C\CCCCC(=O)O[C@H](COC(=O)CCC/C=C\C/C=C\C/C=C\C/C=C\CCCCC)COC(=O)CCCCCCCCCCCCCCC. The van der Waals surface area contributed by atoms with E-state index in [4.69, 9.17) is 14.2 Å². The van der Waals surface area contributed by atoms with Crippen molar-refractivity contribution in [2.45, 2.75) is 232 Å². The van der Waals surface area contributed by atoms with Crippen LogP contribution < -0.4 is 0 Å². The molecule has 0 heterocycles. The summed E-state index contributed by atoms with van der Waals surface area (Å²) in [6.07, 6.45) is 66.8. The van der Waals surface area contributed by atoms with Crippen LogP contribution in [0.3, 0.4) is 0 Å². The van der Waals surface area contributed by atoms with Gasteiger partial charge in [-0.05, 0) is 96.3 Å². The van der Waals surface area contributed by atoms with Gasteiger partial charge in [-0.2, -0.15) is 0 Å². The predicted molar refractivity (Wildman–Crippen MR) is 270 cm³/mol. The highest BCUT2D eigenvalue weighted by Gasteiger charge is 2.19. The van der Waals surface area contributed by atoms with Gasteiger partial charge in [-0.3, -0.25) is 14.4 Å². The highest BCUT2D eigenvalue weighted by Crippen LogP contribution is 2.14. The maximum atomic E-state index is 12.8. The van der Waals surface area contributed by atoms with Gasteiger partial charge in [0.05, 0.1) is 0 Å². The lowest BCUT2D eigenvalue weighted by Crippen LogP contribution is -2.30. The zero-order chi connectivity index (χ0) is 45.8. The second kappa shape index (κ2) is 51.0. The maximum Gasteiger partial charge on any atom is 0.306 e. The van der Waals surface area contributed by atoms with Gasteiger partial charge >= 0.3 is 17.9 Å². The molecule has 0 bridgehead atoms. The van der Waals surface area contributed by atoms with Crippen LogP contribution in [0.4, 0.5) is 0 Å². The number of hydrogen-bond acceptors (Lipinski definition) is 6. The van der Waals surface area contributed by atoms with Gasteiger partial charge in [0, 0.05) is 19.3 Å². The van der Waals surface area contributed by atoms with Crippen molar-refractivity contribution in [1.82, 2.24) is 0 Å². The number of hydrogen-bond donors (Lipinski definition) is 0. The summed E-state index contributed by atoms with van der Waals surface area (Å²) in [6.45, 7) is 6.40. The molecule has 0 spiro atoms. The molecule has 0 aromatic rings. The minimum absolute atomic E-state index is 0.111. The van der Waals surface area contributed by atoms with E-state index in [2.05, 4.69) is 118 Å². The molecule has 0 saturated carbocycles. The molecule has 6 nitrogen and oxygen atoms in total. The van der Waals surface area contributed by atoms with Gasteiger partial charge in [0.2, 0.25) is 0 Å². The topological polar surface area (TPSA) is 78.9 Å². The molecule has 0 rings (SSSR count). The van der Waals surface area contributed by atoms with Crippen molar-refractivity contribution in [3.63, 3.8) is 0 Å². The van der Waals surface area contributed by atoms with Crippen LogP contribution in [0.1, 0.15) is 226 Å². The normalized spacial score (nSPS) is 12.9. The lowest BCUT2D eigenvalue weighted by atomic mass is 10.0. The van der Waals surface area contributed by atoms with E-state index in [9.17, 15) is 14.4 Å². The standard InChI is InChI=1S/C57H94O6/c1-4-7-10-13-16-19-22-25-27-28-30-32-35-38-41-44-47-50-56(59)62-53-54(52-61-55(58)49-46-43-40-37-34-31-24-21-18-15-12-9-6-3)63-57(60)51-48-45-42-39-36-33-29-26-23-20-17-14-11-8-5-2/h8,11,16-17,19-20,25-27,29-30,32,36,38-39,41,54H,4-7,9-10,12-15,18,21-24,28,31,33-35,37,40,42-53H2,1-3H3/b11-8-,19-16-,20-17-,27-25-,29-26-,32-30-,39-36-,41-38-/t54-/m0/s1. The molecule has 0 aliphatic carbocycles. The number of carbonyl (C=O) groups excluding carboxylic acids is 3. The predicted octanol–water partition coefficient (Wildman–Crippen LogP) is 17.0. The summed E-state index contributed by atoms with van der Waals surface area (Å²) < 4.78 is 16.7. The molecule has 0 N–H and O–H groups in total. The quantitative estimate of drug-likeness (QED) is 0.0262. The Labute approximate surface area is 387 Å². The molecule has 63 heavy (non-hydrogen) atoms. The van der Waals surface area contributed by atoms with Crippen molar-refractivity contribution in [1.29, 1.82) is 0 Å². The van der Waals surface area contributed by atoms with Crippen LogP contribution >= 0.6 is 0 Å². The Morgan fingerprint density at radius 1 is 0.333 bits per heavy atom. The smallest absolute Gasteiger partial charge is 0.306 e. The zero-order valence-electron chi connectivity index (χ0n) is 40.8. The van der Waals surface area contributed by atoms with Crippen LogP contribution in [-0.2, 0) is 28.6 Å². The molecule has 0 aromatic heterocycles. The first-order valence-electron chi connectivity index (χ1n) is 25.7. The largest absolute Gasteiger partial charge is 0.462 e. The molecule has 0 fully saturated rings. The van der Waals surface area contributed by atoms with E-state index in [0.29, 0.717) is 19.3 Å². The van der Waals surface area contributed by atoms with Crippen LogP contribution in [0, 0.1) is 0 Å². The minimum atomic E-state index is -0.820. The van der Waals surface area contributed by atoms with Crippen LogP contribution in [0.2, 0.25) is 0 Å². The Bertz CT molecular complexity index is 1280. The number of allylic oxidation sites excluding steroid dienone is 16. The van der Waals surface area contributed by atoms with Crippen molar-refractivity contribution < 1.29 is 28.6 Å². The number of carbonyl (C=O) groups is 3. The van der Waals surface area contributed by atoms with Gasteiger partial charge in [-0.25, -0.2) is 0 Å². The van der Waals surface area contributed by atoms with Gasteiger partial charge in [0.1, 0.15) is 13.2 Å². The van der Waals surface area contributed by atoms with E-state index in [0.717, 1.165) is 83.5 Å². The molecular weight excluding hydrogens is 781 g/mol. The Kier molecular flexibility index (Phi) is 48.0. The van der Waals surface area contributed by atoms with Crippen molar-refractivity contribution in [2.75, 3.05) is 13.2 Å². The van der Waals surface area contributed by atoms with Crippen molar-refractivity contribution in [3.8, 4) is 0 Å². The lowest BCUT2D eigenvalue weighted by Gasteiger charge is -2.18. The van der Waals surface area contributed by atoms with E-state index in [1.807, 2.05) is 0 Å². The average molecular weight is 875 g/mol. The van der Waals surface area contributed by atoms with E-state index in [1.165, 1.54) is 89.9 Å². The van der Waals surface area contributed by atoms with Crippen molar-refractivity contribution >= 4 is 17.9 Å². The summed E-state index contributed by atoms with van der Waals surface area (Å²) in [5, 5.41) is 0. The number of esters is 3. The number of rotatable bonds is 45. The highest BCUT2D eigenvalue weighted by molar-refractivity contribution is 5.71. The second-order valence-corrected chi connectivity index (χ2v) is 16.7. The minimum Gasteiger partial charge on any atom is -0.462 e. The molecule has 358 valence electrons. The van der Waals surface area contributed by atoms with Gasteiger partial charge in [0.15, 0.2) is 6.10 Å². The van der Waals surface area contributed by atoms with E-state index < -0.39 is 6.10 Å². The van der Waals surface area contributed by atoms with Gasteiger partial charge in [-0.1, -0.05) is 208 Å². The molecule has 0 unspecified atom stereocenters. The first-order chi connectivity index (χ1) is 31.0. The summed E-state index contributed by atoms with van der Waals surface area (Å²) in [6, 6.07) is 0. The third-order valence-electron chi connectivity index (χ3n) is 10.6. The van der Waals surface area contributed by atoms with Gasteiger partial charge < -0.3 is 14.2 Å². The summed E-state index contributed by atoms with van der Waals surface area (Å²) in [5.74, 6) is -1.01. The number of unbranched alkanes of at least 4 members (excludes halogenated alkanes) is 18. The van der Waals surface area contributed by atoms with Gasteiger partial charge in [-0.15, -0.1) is 0 Å². The monoisotopic (exact) mass is 875 g/mol. The summed E-state index contributed by atoms with van der Waals surface area (Å²) in [5.41, 5.74) is 0. The Hall–Kier alpha value is -3.67. The summed E-state index contributed by atoms with van der Waals surface area (Å²) in [4.78, 5) is 37.9.